The lowest BCUT2D eigenvalue weighted by Gasteiger charge is -2.19. The number of benzene rings is 1. The number of nitrogens with one attached hydrogen (secondary N) is 1. The van der Waals surface area contributed by atoms with Crippen LogP contribution < -0.4 is 10.1 Å². The molecule has 1 N–H and O–H groups in total. The SMILES string of the molecule is CCN(CC)CCCC(C)NC(=O)c1c(C)noc1-c1ccc(OC(F)(F)F)cc1. The molecule has 1 atom stereocenters. The number of ether oxygens (including phenoxy) is 1. The Hall–Kier alpha value is -2.55. The highest BCUT2D eigenvalue weighted by Crippen LogP contribution is 2.29. The molecule has 2 rings (SSSR count). The average Bonchev–Trinajstić information content (AvgIpc) is 3.06. The van der Waals surface area contributed by atoms with Crippen LogP contribution in [0.25, 0.3) is 11.3 Å². The molecule has 1 heterocycles. The van der Waals surface area contributed by atoms with Gasteiger partial charge in [-0.25, -0.2) is 0 Å². The minimum absolute atomic E-state index is 0.0437. The molecule has 0 radical (unpaired) electrons. The van der Waals surface area contributed by atoms with Crippen molar-refractivity contribution in [2.75, 3.05) is 19.6 Å². The van der Waals surface area contributed by atoms with Crippen molar-refractivity contribution in [3.05, 3.63) is 35.5 Å². The van der Waals surface area contributed by atoms with E-state index in [2.05, 4.69) is 34.0 Å². The van der Waals surface area contributed by atoms with Crippen molar-refractivity contribution < 1.29 is 27.2 Å². The number of aryl methyl sites for hydroxylation is 1. The third kappa shape index (κ3) is 6.76. The van der Waals surface area contributed by atoms with Gasteiger partial charge in [0, 0.05) is 11.6 Å². The fourth-order valence-corrected chi connectivity index (χ4v) is 3.17. The van der Waals surface area contributed by atoms with E-state index in [1.54, 1.807) is 6.92 Å². The van der Waals surface area contributed by atoms with Gasteiger partial charge in [0.1, 0.15) is 11.3 Å². The minimum atomic E-state index is -4.77. The third-order valence-electron chi connectivity index (χ3n) is 4.82. The van der Waals surface area contributed by atoms with Gasteiger partial charge in [-0.15, -0.1) is 13.2 Å². The smallest absolute Gasteiger partial charge is 0.406 e. The zero-order valence-corrected chi connectivity index (χ0v) is 17.7. The molecule has 6 nitrogen and oxygen atoms in total. The summed E-state index contributed by atoms with van der Waals surface area (Å²) >= 11 is 0. The van der Waals surface area contributed by atoms with Gasteiger partial charge in [-0.2, -0.15) is 0 Å². The van der Waals surface area contributed by atoms with Crippen LogP contribution in [0, 0.1) is 6.92 Å². The summed E-state index contributed by atoms with van der Waals surface area (Å²) in [6.45, 7) is 10.8. The fourth-order valence-electron chi connectivity index (χ4n) is 3.17. The summed E-state index contributed by atoms with van der Waals surface area (Å²) < 4.78 is 46.1. The number of carbonyl (C=O) groups is 1. The molecule has 30 heavy (non-hydrogen) atoms. The van der Waals surface area contributed by atoms with Crippen LogP contribution in [0.2, 0.25) is 0 Å². The van der Waals surface area contributed by atoms with Crippen LogP contribution >= 0.6 is 0 Å². The van der Waals surface area contributed by atoms with E-state index in [4.69, 9.17) is 4.52 Å². The predicted molar refractivity (Wildman–Crippen MR) is 107 cm³/mol. The molecule has 0 aliphatic carbocycles. The lowest BCUT2D eigenvalue weighted by atomic mass is 10.1. The number of hydrogen-bond donors (Lipinski definition) is 1. The van der Waals surface area contributed by atoms with Crippen molar-refractivity contribution in [1.82, 2.24) is 15.4 Å². The average molecular weight is 427 g/mol. The van der Waals surface area contributed by atoms with Crippen LogP contribution in [-0.2, 0) is 0 Å². The second-order valence-electron chi connectivity index (χ2n) is 7.09. The lowest BCUT2D eigenvalue weighted by Crippen LogP contribution is -2.34. The van der Waals surface area contributed by atoms with Gasteiger partial charge in [0.05, 0.1) is 5.69 Å². The number of rotatable bonds is 10. The Balaban J connectivity index is 2.05. The Morgan fingerprint density at radius 3 is 2.43 bits per heavy atom. The van der Waals surface area contributed by atoms with Gasteiger partial charge in [0.2, 0.25) is 0 Å². The Bertz CT molecular complexity index is 815. The van der Waals surface area contributed by atoms with Crippen LogP contribution in [0.3, 0.4) is 0 Å². The standard InChI is InChI=1S/C21H28F3N3O3/c1-5-27(6-2)13-7-8-14(3)25-20(28)18-15(4)26-30-19(18)16-9-11-17(12-10-16)29-21(22,23)24/h9-12,14H,5-8,13H2,1-4H3,(H,25,28). The molecule has 1 amide bonds. The molecule has 1 unspecified atom stereocenters. The number of alkyl halides is 3. The molecule has 0 spiro atoms. The largest absolute Gasteiger partial charge is 0.573 e. The number of hydrogen-bond acceptors (Lipinski definition) is 5. The number of aromatic nitrogens is 1. The number of nitrogens with zero attached hydrogens (tertiary/aromatic N) is 2. The van der Waals surface area contributed by atoms with Gasteiger partial charge < -0.3 is 19.5 Å². The van der Waals surface area contributed by atoms with Crippen molar-refractivity contribution in [3.63, 3.8) is 0 Å². The summed E-state index contributed by atoms with van der Waals surface area (Å²) in [4.78, 5) is 15.1. The van der Waals surface area contributed by atoms with Gasteiger partial charge in [-0.1, -0.05) is 19.0 Å². The zero-order chi connectivity index (χ0) is 22.3. The van der Waals surface area contributed by atoms with E-state index in [1.165, 1.54) is 12.1 Å². The minimum Gasteiger partial charge on any atom is -0.406 e. The van der Waals surface area contributed by atoms with Crippen molar-refractivity contribution in [2.45, 2.75) is 52.9 Å². The molecule has 0 saturated carbocycles. The number of halogens is 3. The monoisotopic (exact) mass is 427 g/mol. The van der Waals surface area contributed by atoms with Gasteiger partial charge in [-0.05, 0) is 70.6 Å². The molecule has 0 aliphatic rings. The Kier molecular flexibility index (Phi) is 8.28. The predicted octanol–water partition coefficient (Wildman–Crippen LogP) is 4.79. The first-order chi connectivity index (χ1) is 14.1. The molecular formula is C21H28F3N3O3. The molecule has 2 aromatic rings. The first-order valence-electron chi connectivity index (χ1n) is 10.00. The van der Waals surface area contributed by atoms with E-state index in [1.807, 2.05) is 6.92 Å². The third-order valence-corrected chi connectivity index (χ3v) is 4.82. The van der Waals surface area contributed by atoms with Crippen molar-refractivity contribution in [1.29, 1.82) is 0 Å². The van der Waals surface area contributed by atoms with E-state index in [0.717, 1.165) is 44.6 Å². The highest BCUT2D eigenvalue weighted by Gasteiger charge is 2.31. The summed E-state index contributed by atoms with van der Waals surface area (Å²) in [5, 5.41) is 6.81. The molecule has 0 fully saturated rings. The Morgan fingerprint density at radius 2 is 1.87 bits per heavy atom. The zero-order valence-electron chi connectivity index (χ0n) is 17.7. The van der Waals surface area contributed by atoms with E-state index in [0.29, 0.717) is 11.3 Å². The highest BCUT2D eigenvalue weighted by molar-refractivity contribution is 6.00. The molecule has 166 valence electrons. The van der Waals surface area contributed by atoms with Crippen LogP contribution in [0.4, 0.5) is 13.2 Å². The molecule has 0 aliphatic heterocycles. The second kappa shape index (κ2) is 10.5. The fraction of sp³-hybridized carbons (Fsp3) is 0.524. The van der Waals surface area contributed by atoms with Crippen LogP contribution in [0.1, 0.15) is 49.7 Å². The van der Waals surface area contributed by atoms with E-state index in [9.17, 15) is 18.0 Å². The topological polar surface area (TPSA) is 67.6 Å². The summed E-state index contributed by atoms with van der Waals surface area (Å²) in [6.07, 6.45) is -2.98. The normalized spacial score (nSPS) is 12.8. The molecule has 0 bridgehead atoms. The van der Waals surface area contributed by atoms with Crippen LogP contribution in [-0.4, -0.2) is 48.0 Å². The molecule has 0 saturated heterocycles. The first kappa shape index (κ1) is 23.7. The first-order valence-corrected chi connectivity index (χ1v) is 10.00. The second-order valence-corrected chi connectivity index (χ2v) is 7.09. The van der Waals surface area contributed by atoms with Gasteiger partial charge >= 0.3 is 6.36 Å². The maximum absolute atomic E-state index is 12.8. The summed E-state index contributed by atoms with van der Waals surface area (Å²) in [7, 11) is 0. The van der Waals surface area contributed by atoms with Crippen LogP contribution in [0.15, 0.2) is 28.8 Å². The summed E-state index contributed by atoms with van der Waals surface area (Å²) in [5.41, 5.74) is 1.12. The maximum Gasteiger partial charge on any atom is 0.573 e. The number of amides is 1. The van der Waals surface area contributed by atoms with Crippen molar-refractivity contribution in [2.24, 2.45) is 0 Å². The summed E-state index contributed by atoms with van der Waals surface area (Å²) in [5.74, 6) is -0.469. The molecular weight excluding hydrogens is 399 g/mol. The summed E-state index contributed by atoms with van der Waals surface area (Å²) in [6, 6.07) is 5.07. The Morgan fingerprint density at radius 1 is 1.23 bits per heavy atom. The van der Waals surface area contributed by atoms with Gasteiger partial charge in [0.25, 0.3) is 5.91 Å². The number of carbonyl (C=O) groups excluding carboxylic acids is 1. The van der Waals surface area contributed by atoms with Gasteiger partial charge in [-0.3, -0.25) is 4.79 Å². The quantitative estimate of drug-likeness (QED) is 0.591. The van der Waals surface area contributed by atoms with E-state index >= 15 is 0 Å². The van der Waals surface area contributed by atoms with Crippen LogP contribution in [0.5, 0.6) is 5.75 Å². The van der Waals surface area contributed by atoms with E-state index < -0.39 is 6.36 Å². The van der Waals surface area contributed by atoms with Crippen molar-refractivity contribution in [3.8, 4) is 17.1 Å². The maximum atomic E-state index is 12.8. The molecule has 1 aromatic heterocycles. The van der Waals surface area contributed by atoms with E-state index in [-0.39, 0.29) is 29.0 Å². The highest BCUT2D eigenvalue weighted by atomic mass is 19.4. The molecule has 1 aromatic carbocycles. The van der Waals surface area contributed by atoms with Crippen molar-refractivity contribution >= 4 is 5.91 Å². The lowest BCUT2D eigenvalue weighted by molar-refractivity contribution is -0.274. The Labute approximate surface area is 174 Å². The van der Waals surface area contributed by atoms with Gasteiger partial charge in [0.15, 0.2) is 5.76 Å². The molecule has 9 heteroatoms.